The van der Waals surface area contributed by atoms with E-state index in [0.29, 0.717) is 0 Å². The number of hydrogen-bond donors (Lipinski definition) is 1. The highest BCUT2D eigenvalue weighted by atomic mass is 32.2. The number of thioether (sulfide) groups is 1. The number of thiazole rings is 1. The van der Waals surface area contributed by atoms with E-state index in [1.807, 2.05) is 5.51 Å². The summed E-state index contributed by atoms with van der Waals surface area (Å²) in [7, 11) is 0. The average Bonchev–Trinajstić information content (AvgIpc) is 2.58. The van der Waals surface area contributed by atoms with Gasteiger partial charge in [0.25, 0.3) is 0 Å². The summed E-state index contributed by atoms with van der Waals surface area (Å²) < 4.78 is 1.16. The van der Waals surface area contributed by atoms with E-state index in [9.17, 15) is 0 Å². The second kappa shape index (κ2) is 3.55. The molecule has 0 bridgehead atoms. The van der Waals surface area contributed by atoms with Crippen LogP contribution in [0.2, 0.25) is 0 Å². The Morgan fingerprint density at radius 2 is 2.38 bits per heavy atom. The number of anilines is 1. The van der Waals surface area contributed by atoms with Gasteiger partial charge < -0.3 is 5.73 Å². The van der Waals surface area contributed by atoms with E-state index in [1.165, 1.54) is 0 Å². The number of fused-ring (bicyclic) bond motifs is 1. The van der Waals surface area contributed by atoms with Crippen molar-refractivity contribution in [3.8, 4) is 0 Å². The molecule has 0 aliphatic carbocycles. The van der Waals surface area contributed by atoms with Crippen molar-refractivity contribution >= 4 is 39.0 Å². The van der Waals surface area contributed by atoms with Crippen LogP contribution in [0.5, 0.6) is 0 Å². The largest absolute Gasteiger partial charge is 0.396 e. The highest BCUT2D eigenvalue weighted by Gasteiger charge is 2.05. The summed E-state index contributed by atoms with van der Waals surface area (Å²) in [6.45, 7) is 2.12. The van der Waals surface area contributed by atoms with Gasteiger partial charge in [-0.1, -0.05) is 6.92 Å². The fourth-order valence-electron chi connectivity index (χ4n) is 1.21. The summed E-state index contributed by atoms with van der Waals surface area (Å²) in [6, 6.07) is 4.16. The van der Waals surface area contributed by atoms with Crippen LogP contribution in [-0.4, -0.2) is 10.7 Å². The maximum absolute atomic E-state index is 5.97. The van der Waals surface area contributed by atoms with Gasteiger partial charge in [0.05, 0.1) is 15.9 Å². The van der Waals surface area contributed by atoms with Crippen molar-refractivity contribution in [3.63, 3.8) is 0 Å². The molecule has 0 amide bonds. The quantitative estimate of drug-likeness (QED) is 0.611. The van der Waals surface area contributed by atoms with Gasteiger partial charge in [0.2, 0.25) is 0 Å². The van der Waals surface area contributed by atoms with Gasteiger partial charge in [-0.05, 0) is 17.9 Å². The van der Waals surface area contributed by atoms with E-state index in [4.69, 9.17) is 5.73 Å². The molecule has 2 N–H and O–H groups in total. The number of benzene rings is 1. The van der Waals surface area contributed by atoms with Crippen molar-refractivity contribution in [1.29, 1.82) is 0 Å². The van der Waals surface area contributed by atoms with Gasteiger partial charge in [-0.3, -0.25) is 0 Å². The normalized spacial score (nSPS) is 10.8. The van der Waals surface area contributed by atoms with Crippen LogP contribution in [0.15, 0.2) is 22.5 Å². The van der Waals surface area contributed by atoms with Crippen molar-refractivity contribution in [1.82, 2.24) is 4.98 Å². The predicted molar refractivity (Wildman–Crippen MR) is 60.4 cm³/mol. The number of hydrogen-bond acceptors (Lipinski definition) is 4. The third-order valence-corrected chi connectivity index (χ3v) is 3.55. The summed E-state index contributed by atoms with van der Waals surface area (Å²) in [5, 5.41) is 0. The number of nitrogen functional groups attached to an aromatic ring is 1. The maximum atomic E-state index is 5.97. The first-order chi connectivity index (χ1) is 6.33. The molecule has 68 valence electrons. The van der Waals surface area contributed by atoms with Crippen LogP contribution in [0.25, 0.3) is 10.2 Å². The minimum Gasteiger partial charge on any atom is -0.396 e. The molecule has 0 saturated heterocycles. The molecule has 2 aromatic rings. The number of rotatable bonds is 2. The molecule has 0 fully saturated rings. The molecule has 0 radical (unpaired) electrons. The Morgan fingerprint density at radius 1 is 1.54 bits per heavy atom. The van der Waals surface area contributed by atoms with Crippen molar-refractivity contribution in [2.75, 3.05) is 11.5 Å². The van der Waals surface area contributed by atoms with E-state index in [2.05, 4.69) is 24.0 Å². The second-order valence-electron chi connectivity index (χ2n) is 2.61. The van der Waals surface area contributed by atoms with E-state index < -0.39 is 0 Å². The molecule has 13 heavy (non-hydrogen) atoms. The monoisotopic (exact) mass is 210 g/mol. The van der Waals surface area contributed by atoms with E-state index in [1.54, 1.807) is 23.1 Å². The van der Waals surface area contributed by atoms with Gasteiger partial charge in [-0.15, -0.1) is 23.1 Å². The fraction of sp³-hybridized carbons (Fsp3) is 0.222. The van der Waals surface area contributed by atoms with Crippen LogP contribution in [-0.2, 0) is 0 Å². The van der Waals surface area contributed by atoms with Crippen LogP contribution < -0.4 is 5.73 Å². The molecule has 0 atom stereocenters. The molecule has 0 aliphatic rings. The molecule has 0 spiro atoms. The number of nitrogens with two attached hydrogens (primary N) is 1. The Morgan fingerprint density at radius 3 is 3.15 bits per heavy atom. The molecule has 1 heterocycles. The Labute approximate surface area is 85.2 Å². The highest BCUT2D eigenvalue weighted by molar-refractivity contribution is 7.99. The first-order valence-electron chi connectivity index (χ1n) is 4.07. The molecule has 1 aromatic carbocycles. The summed E-state index contributed by atoms with van der Waals surface area (Å²) in [5.74, 6) is 1.04. The Balaban J connectivity index is 2.59. The number of aromatic nitrogens is 1. The smallest absolute Gasteiger partial charge is 0.105 e. The topological polar surface area (TPSA) is 38.9 Å². The Hall–Kier alpha value is -0.740. The summed E-state index contributed by atoms with van der Waals surface area (Å²) in [6.07, 6.45) is 0. The zero-order chi connectivity index (χ0) is 9.26. The van der Waals surface area contributed by atoms with Crippen molar-refractivity contribution in [3.05, 3.63) is 17.6 Å². The first kappa shape index (κ1) is 8.84. The van der Waals surface area contributed by atoms with E-state index in [0.717, 1.165) is 26.6 Å². The maximum Gasteiger partial charge on any atom is 0.105 e. The molecule has 2 nitrogen and oxygen atoms in total. The molecule has 1 aromatic heterocycles. The third kappa shape index (κ3) is 1.51. The molecule has 0 aliphatic heterocycles. The summed E-state index contributed by atoms with van der Waals surface area (Å²) >= 11 is 3.39. The minimum atomic E-state index is 0.825. The molecule has 2 rings (SSSR count). The highest BCUT2D eigenvalue weighted by Crippen LogP contribution is 2.32. The lowest BCUT2D eigenvalue weighted by atomic mass is 10.3. The molecule has 0 saturated carbocycles. The lowest BCUT2D eigenvalue weighted by Crippen LogP contribution is -1.89. The van der Waals surface area contributed by atoms with Crippen LogP contribution >= 0.6 is 23.1 Å². The average molecular weight is 210 g/mol. The lowest BCUT2D eigenvalue weighted by Gasteiger charge is -2.03. The van der Waals surface area contributed by atoms with Crippen LogP contribution in [0.3, 0.4) is 0 Å². The van der Waals surface area contributed by atoms with Gasteiger partial charge >= 0.3 is 0 Å². The summed E-state index contributed by atoms with van der Waals surface area (Å²) in [5.41, 5.74) is 9.58. The van der Waals surface area contributed by atoms with Gasteiger partial charge in [0, 0.05) is 4.90 Å². The van der Waals surface area contributed by atoms with Crippen LogP contribution in [0.4, 0.5) is 5.69 Å². The minimum absolute atomic E-state index is 0.825. The third-order valence-electron chi connectivity index (χ3n) is 1.80. The Bertz CT molecular complexity index is 422. The summed E-state index contributed by atoms with van der Waals surface area (Å²) in [4.78, 5) is 5.38. The SMILES string of the molecule is CCSc1ccc2scnc2c1N. The molecular formula is C9H10N2S2. The van der Waals surface area contributed by atoms with Gasteiger partial charge in [-0.25, -0.2) is 4.98 Å². The van der Waals surface area contributed by atoms with Crippen LogP contribution in [0, 0.1) is 0 Å². The van der Waals surface area contributed by atoms with E-state index >= 15 is 0 Å². The molecule has 0 unspecified atom stereocenters. The second-order valence-corrected chi connectivity index (χ2v) is 4.80. The van der Waals surface area contributed by atoms with E-state index in [-0.39, 0.29) is 0 Å². The van der Waals surface area contributed by atoms with Crippen LogP contribution in [0.1, 0.15) is 6.92 Å². The predicted octanol–water partition coefficient (Wildman–Crippen LogP) is 2.99. The first-order valence-corrected chi connectivity index (χ1v) is 5.94. The molecule has 4 heteroatoms. The van der Waals surface area contributed by atoms with Gasteiger partial charge in [0.15, 0.2) is 0 Å². The van der Waals surface area contributed by atoms with Crippen molar-refractivity contribution < 1.29 is 0 Å². The fourth-order valence-corrected chi connectivity index (χ4v) is 2.64. The number of nitrogens with zero attached hydrogens (tertiary/aromatic N) is 1. The zero-order valence-electron chi connectivity index (χ0n) is 7.28. The zero-order valence-corrected chi connectivity index (χ0v) is 8.91. The van der Waals surface area contributed by atoms with Gasteiger partial charge in [-0.2, -0.15) is 0 Å². The van der Waals surface area contributed by atoms with Crippen molar-refractivity contribution in [2.24, 2.45) is 0 Å². The lowest BCUT2D eigenvalue weighted by molar-refractivity contribution is 1.42. The Kier molecular flexibility index (Phi) is 2.42. The van der Waals surface area contributed by atoms with Crippen molar-refractivity contribution in [2.45, 2.75) is 11.8 Å². The standard InChI is InChI=1S/C9H10N2S2/c1-2-12-6-3-4-7-9(8(6)10)11-5-13-7/h3-5H,2,10H2,1H3. The molecular weight excluding hydrogens is 200 g/mol. The van der Waals surface area contributed by atoms with Gasteiger partial charge in [0.1, 0.15) is 5.52 Å².